The number of allylic oxidation sites excluding steroid dienone is 3. The fourth-order valence-electron chi connectivity index (χ4n) is 0.903. The molecule has 0 aromatic carbocycles. The van der Waals surface area contributed by atoms with Gasteiger partial charge in [-0.05, 0) is 24.0 Å². The van der Waals surface area contributed by atoms with Gasteiger partial charge in [0, 0.05) is 5.70 Å². The number of rotatable bonds is 3. The van der Waals surface area contributed by atoms with E-state index >= 15 is 0 Å². The van der Waals surface area contributed by atoms with Crippen molar-refractivity contribution >= 4 is 0 Å². The van der Waals surface area contributed by atoms with Crippen LogP contribution in [-0.4, -0.2) is 0 Å². The summed E-state index contributed by atoms with van der Waals surface area (Å²) in [6, 6.07) is 0. The second kappa shape index (κ2) is 4.02. The first-order valence-corrected chi connectivity index (χ1v) is 3.78. The SMILES string of the molecule is C=C/C(=C(/N)C(=C)C)C(C)C. The van der Waals surface area contributed by atoms with Crippen LogP contribution >= 0.6 is 0 Å². The molecule has 0 bridgehead atoms. The van der Waals surface area contributed by atoms with Crippen molar-refractivity contribution in [1.29, 1.82) is 0 Å². The van der Waals surface area contributed by atoms with Crippen molar-refractivity contribution in [2.24, 2.45) is 11.7 Å². The molecular formula is C10H17N. The lowest BCUT2D eigenvalue weighted by Crippen LogP contribution is -2.06. The van der Waals surface area contributed by atoms with E-state index in [9.17, 15) is 0 Å². The standard InChI is InChI=1S/C10H17N/c1-6-9(7(2)3)10(11)8(4)5/h6-7H,1,4,11H2,2-3,5H3/b10-9-. The zero-order valence-corrected chi connectivity index (χ0v) is 7.65. The summed E-state index contributed by atoms with van der Waals surface area (Å²) in [6.07, 6.45) is 1.80. The van der Waals surface area contributed by atoms with E-state index in [1.807, 2.05) is 6.92 Å². The summed E-state index contributed by atoms with van der Waals surface area (Å²) in [5.74, 6) is 0.421. The maximum Gasteiger partial charge on any atom is 0.0372 e. The van der Waals surface area contributed by atoms with E-state index < -0.39 is 0 Å². The molecule has 0 spiro atoms. The van der Waals surface area contributed by atoms with Gasteiger partial charge < -0.3 is 5.73 Å². The molecule has 1 heteroatoms. The lowest BCUT2D eigenvalue weighted by Gasteiger charge is -2.10. The average Bonchev–Trinajstić information content (AvgIpc) is 1.88. The van der Waals surface area contributed by atoms with Crippen molar-refractivity contribution < 1.29 is 0 Å². The van der Waals surface area contributed by atoms with Crippen LogP contribution in [0.25, 0.3) is 0 Å². The van der Waals surface area contributed by atoms with Crippen molar-refractivity contribution in [3.8, 4) is 0 Å². The fourth-order valence-corrected chi connectivity index (χ4v) is 0.903. The first-order chi connectivity index (χ1) is 5.00. The van der Waals surface area contributed by atoms with Crippen LogP contribution in [0.4, 0.5) is 0 Å². The molecule has 0 saturated carbocycles. The van der Waals surface area contributed by atoms with Crippen LogP contribution in [0.2, 0.25) is 0 Å². The van der Waals surface area contributed by atoms with E-state index in [0.29, 0.717) is 5.92 Å². The van der Waals surface area contributed by atoms with Crippen LogP contribution in [0.3, 0.4) is 0 Å². The van der Waals surface area contributed by atoms with E-state index in [-0.39, 0.29) is 0 Å². The highest BCUT2D eigenvalue weighted by Gasteiger charge is 2.03. The lowest BCUT2D eigenvalue weighted by molar-refractivity contribution is 0.779. The van der Waals surface area contributed by atoms with Gasteiger partial charge >= 0.3 is 0 Å². The molecule has 0 aromatic rings. The van der Waals surface area contributed by atoms with Gasteiger partial charge in [-0.15, -0.1) is 0 Å². The second-order valence-electron chi connectivity index (χ2n) is 3.01. The molecule has 0 atom stereocenters. The molecular weight excluding hydrogens is 134 g/mol. The molecule has 62 valence electrons. The molecule has 0 unspecified atom stereocenters. The first-order valence-electron chi connectivity index (χ1n) is 3.78. The summed E-state index contributed by atoms with van der Waals surface area (Å²) in [5, 5.41) is 0. The Kier molecular flexibility index (Phi) is 3.66. The minimum atomic E-state index is 0.421. The highest BCUT2D eigenvalue weighted by Crippen LogP contribution is 2.16. The predicted octanol–water partition coefficient (Wildman–Crippen LogP) is 2.62. The minimum Gasteiger partial charge on any atom is -0.398 e. The summed E-state index contributed by atoms with van der Waals surface area (Å²) in [7, 11) is 0. The van der Waals surface area contributed by atoms with Crippen molar-refractivity contribution in [1.82, 2.24) is 0 Å². The maximum absolute atomic E-state index is 5.78. The van der Waals surface area contributed by atoms with Crippen molar-refractivity contribution in [2.45, 2.75) is 20.8 Å². The van der Waals surface area contributed by atoms with E-state index in [1.54, 1.807) is 6.08 Å². The average molecular weight is 151 g/mol. The summed E-state index contributed by atoms with van der Waals surface area (Å²) in [5.41, 5.74) is 8.55. The maximum atomic E-state index is 5.78. The van der Waals surface area contributed by atoms with Gasteiger partial charge in [0.15, 0.2) is 0 Å². The third kappa shape index (κ3) is 2.62. The Hall–Kier alpha value is -0.980. The topological polar surface area (TPSA) is 26.0 Å². The molecule has 11 heavy (non-hydrogen) atoms. The molecule has 2 N–H and O–H groups in total. The van der Waals surface area contributed by atoms with Gasteiger partial charge in [-0.25, -0.2) is 0 Å². The molecule has 0 heterocycles. The molecule has 0 aliphatic rings. The highest BCUT2D eigenvalue weighted by molar-refractivity contribution is 5.35. The summed E-state index contributed by atoms with van der Waals surface area (Å²) < 4.78 is 0. The van der Waals surface area contributed by atoms with Crippen molar-refractivity contribution in [3.05, 3.63) is 36.1 Å². The monoisotopic (exact) mass is 151 g/mol. The van der Waals surface area contributed by atoms with Crippen LogP contribution in [0.5, 0.6) is 0 Å². The van der Waals surface area contributed by atoms with Crippen LogP contribution in [-0.2, 0) is 0 Å². The molecule has 0 aliphatic heterocycles. The van der Waals surface area contributed by atoms with Crippen LogP contribution in [0.1, 0.15) is 20.8 Å². The quantitative estimate of drug-likeness (QED) is 0.616. The van der Waals surface area contributed by atoms with Gasteiger partial charge in [0.05, 0.1) is 0 Å². The smallest absolute Gasteiger partial charge is 0.0372 e. The zero-order valence-electron chi connectivity index (χ0n) is 7.65. The van der Waals surface area contributed by atoms with Crippen LogP contribution in [0, 0.1) is 5.92 Å². The molecule has 0 saturated heterocycles. The molecule has 0 radical (unpaired) electrons. The summed E-state index contributed by atoms with van der Waals surface area (Å²) in [6.45, 7) is 13.6. The Morgan fingerprint density at radius 3 is 2.00 bits per heavy atom. The van der Waals surface area contributed by atoms with E-state index in [2.05, 4.69) is 27.0 Å². The molecule has 0 fully saturated rings. The Bertz CT molecular complexity index is 197. The Morgan fingerprint density at radius 1 is 1.45 bits per heavy atom. The first kappa shape index (κ1) is 10.0. The van der Waals surface area contributed by atoms with E-state index in [1.165, 1.54) is 0 Å². The molecule has 0 aromatic heterocycles. The van der Waals surface area contributed by atoms with Gasteiger partial charge in [-0.1, -0.05) is 33.1 Å². The number of hydrogen-bond acceptors (Lipinski definition) is 1. The van der Waals surface area contributed by atoms with Gasteiger partial charge in [-0.3, -0.25) is 0 Å². The summed E-state index contributed by atoms with van der Waals surface area (Å²) in [4.78, 5) is 0. The van der Waals surface area contributed by atoms with Crippen LogP contribution in [0.15, 0.2) is 36.1 Å². The van der Waals surface area contributed by atoms with Gasteiger partial charge in [0.2, 0.25) is 0 Å². The van der Waals surface area contributed by atoms with Gasteiger partial charge in [0.25, 0.3) is 0 Å². The third-order valence-corrected chi connectivity index (χ3v) is 1.61. The molecule has 0 aliphatic carbocycles. The van der Waals surface area contributed by atoms with Crippen molar-refractivity contribution in [2.75, 3.05) is 0 Å². The zero-order chi connectivity index (χ0) is 9.02. The fraction of sp³-hybridized carbons (Fsp3) is 0.400. The second-order valence-corrected chi connectivity index (χ2v) is 3.01. The molecule has 1 nitrogen and oxygen atoms in total. The van der Waals surface area contributed by atoms with Crippen molar-refractivity contribution in [3.63, 3.8) is 0 Å². The summed E-state index contributed by atoms with van der Waals surface area (Å²) >= 11 is 0. The Labute approximate surface area is 69.3 Å². The van der Waals surface area contributed by atoms with Gasteiger partial charge in [-0.2, -0.15) is 0 Å². The Morgan fingerprint density at radius 2 is 1.91 bits per heavy atom. The molecule has 0 amide bonds. The third-order valence-electron chi connectivity index (χ3n) is 1.61. The normalized spacial score (nSPS) is 12.7. The number of nitrogens with two attached hydrogens (primary N) is 1. The minimum absolute atomic E-state index is 0.421. The van der Waals surface area contributed by atoms with Crippen LogP contribution < -0.4 is 5.73 Å². The number of hydrogen-bond donors (Lipinski definition) is 1. The Balaban J connectivity index is 4.83. The highest BCUT2D eigenvalue weighted by atomic mass is 14.6. The predicted molar refractivity (Wildman–Crippen MR) is 51.1 cm³/mol. The van der Waals surface area contributed by atoms with E-state index in [4.69, 9.17) is 5.73 Å². The molecule has 0 rings (SSSR count). The van der Waals surface area contributed by atoms with Gasteiger partial charge in [0.1, 0.15) is 0 Å². The van der Waals surface area contributed by atoms with E-state index in [0.717, 1.165) is 16.8 Å². The lowest BCUT2D eigenvalue weighted by atomic mass is 9.99. The largest absolute Gasteiger partial charge is 0.398 e.